The first-order valence-electron chi connectivity index (χ1n) is 10.0. The van der Waals surface area contributed by atoms with Crippen LogP contribution in [0.3, 0.4) is 0 Å². The van der Waals surface area contributed by atoms with E-state index in [1.165, 1.54) is 37.4 Å². The fraction of sp³-hybridized carbons (Fsp3) is 0.208. The second-order valence-corrected chi connectivity index (χ2v) is 10.5. The molecule has 9 heteroatoms. The first kappa shape index (κ1) is 25.1. The van der Waals surface area contributed by atoms with Crippen LogP contribution >= 0.6 is 27.5 Å². The lowest BCUT2D eigenvalue weighted by Gasteiger charge is -2.23. The first-order valence-corrected chi connectivity index (χ1v) is 12.6. The Hall–Kier alpha value is -2.55. The van der Waals surface area contributed by atoms with Crippen LogP contribution in [-0.2, 0) is 14.8 Å². The molecule has 0 bridgehead atoms. The molecule has 0 aliphatic carbocycles. The van der Waals surface area contributed by atoms with Crippen molar-refractivity contribution >= 4 is 49.1 Å². The molecule has 0 radical (unpaired) electrons. The number of ether oxygens (including phenoxy) is 2. The van der Waals surface area contributed by atoms with E-state index >= 15 is 0 Å². The van der Waals surface area contributed by atoms with Gasteiger partial charge in [-0.05, 0) is 69.9 Å². The zero-order valence-electron chi connectivity index (χ0n) is 18.3. The second kappa shape index (κ2) is 10.6. The van der Waals surface area contributed by atoms with E-state index in [1.54, 1.807) is 24.3 Å². The van der Waals surface area contributed by atoms with Crippen LogP contribution < -0.4 is 13.8 Å². The van der Waals surface area contributed by atoms with Gasteiger partial charge in [0.2, 0.25) is 0 Å². The van der Waals surface area contributed by atoms with Crippen LogP contribution in [0.25, 0.3) is 0 Å². The van der Waals surface area contributed by atoms with E-state index in [9.17, 15) is 13.2 Å². The zero-order chi connectivity index (χ0) is 24.2. The van der Waals surface area contributed by atoms with Gasteiger partial charge in [-0.15, -0.1) is 0 Å². The summed E-state index contributed by atoms with van der Waals surface area (Å²) in [5.74, 6) is 0.330. The normalized spacial score (nSPS) is 11.3. The highest BCUT2D eigenvalue weighted by molar-refractivity contribution is 9.10. The van der Waals surface area contributed by atoms with Gasteiger partial charge in [0.05, 0.1) is 27.2 Å². The van der Waals surface area contributed by atoms with Crippen LogP contribution in [-0.4, -0.2) is 28.0 Å². The Morgan fingerprint density at radius 2 is 1.70 bits per heavy atom. The topological polar surface area (TPSA) is 72.9 Å². The first-order chi connectivity index (χ1) is 15.6. The minimum Gasteiger partial charge on any atom is -0.495 e. The van der Waals surface area contributed by atoms with Crippen molar-refractivity contribution in [3.63, 3.8) is 0 Å². The number of anilines is 1. The molecule has 0 saturated heterocycles. The molecule has 3 aromatic rings. The summed E-state index contributed by atoms with van der Waals surface area (Å²) in [7, 11) is -2.78. The minimum atomic E-state index is -4.23. The van der Waals surface area contributed by atoms with Gasteiger partial charge in [-0.1, -0.05) is 49.7 Å². The van der Waals surface area contributed by atoms with Crippen molar-refractivity contribution in [1.29, 1.82) is 0 Å². The summed E-state index contributed by atoms with van der Waals surface area (Å²) in [4.78, 5) is 13.2. The van der Waals surface area contributed by atoms with Gasteiger partial charge in [0.1, 0.15) is 11.5 Å². The van der Waals surface area contributed by atoms with E-state index in [1.807, 2.05) is 12.1 Å². The van der Waals surface area contributed by atoms with E-state index in [-0.39, 0.29) is 15.6 Å². The molecule has 3 rings (SSSR count). The van der Waals surface area contributed by atoms with Gasteiger partial charge < -0.3 is 9.47 Å². The van der Waals surface area contributed by atoms with Gasteiger partial charge in [-0.25, -0.2) is 8.42 Å². The van der Waals surface area contributed by atoms with Crippen LogP contribution in [0.1, 0.15) is 25.3 Å². The summed E-state index contributed by atoms with van der Waals surface area (Å²) in [6.45, 7) is 3.63. The van der Waals surface area contributed by atoms with E-state index in [0.29, 0.717) is 26.2 Å². The number of hydrogen-bond donors (Lipinski definition) is 0. The van der Waals surface area contributed by atoms with Gasteiger partial charge in [0, 0.05) is 0 Å². The smallest absolute Gasteiger partial charge is 0.278 e. The lowest BCUT2D eigenvalue weighted by Crippen LogP contribution is -2.40. The Labute approximate surface area is 207 Å². The number of carbonyl (C=O) groups excluding carboxylic acids is 1. The maximum absolute atomic E-state index is 13.4. The molecule has 0 heterocycles. The molecule has 0 aliphatic heterocycles. The second-order valence-electron chi connectivity index (χ2n) is 7.43. The van der Waals surface area contributed by atoms with Crippen molar-refractivity contribution in [2.45, 2.75) is 24.7 Å². The van der Waals surface area contributed by atoms with Crippen LogP contribution in [0.2, 0.25) is 5.02 Å². The number of amides is 1. The monoisotopic (exact) mass is 551 g/mol. The van der Waals surface area contributed by atoms with Gasteiger partial charge in [-0.2, -0.15) is 4.31 Å². The van der Waals surface area contributed by atoms with Crippen LogP contribution in [0.5, 0.6) is 11.5 Å². The lowest BCUT2D eigenvalue weighted by molar-refractivity contribution is -0.119. The fourth-order valence-electron chi connectivity index (χ4n) is 3.09. The Kier molecular flexibility index (Phi) is 8.05. The predicted molar refractivity (Wildman–Crippen MR) is 133 cm³/mol. The van der Waals surface area contributed by atoms with Crippen molar-refractivity contribution in [3.05, 3.63) is 81.8 Å². The predicted octanol–water partition coefficient (Wildman–Crippen LogP) is 6.04. The Morgan fingerprint density at radius 3 is 2.27 bits per heavy atom. The summed E-state index contributed by atoms with van der Waals surface area (Å²) >= 11 is 9.66. The van der Waals surface area contributed by atoms with E-state index in [4.69, 9.17) is 21.1 Å². The SMILES string of the molecule is COc1ccc(N(C(=O)COc2ccc(C(C)C)cc2Br)S(=O)(=O)c2ccccc2)cc1Cl. The Bertz CT molecular complexity index is 1250. The van der Waals surface area contributed by atoms with E-state index in [0.717, 1.165) is 5.56 Å². The van der Waals surface area contributed by atoms with Crippen molar-refractivity contribution in [3.8, 4) is 11.5 Å². The largest absolute Gasteiger partial charge is 0.495 e. The summed E-state index contributed by atoms with van der Waals surface area (Å²) in [5.41, 5.74) is 1.18. The number of methoxy groups -OCH3 is 1. The molecule has 1 amide bonds. The number of rotatable bonds is 8. The van der Waals surface area contributed by atoms with E-state index in [2.05, 4.69) is 29.8 Å². The maximum atomic E-state index is 13.4. The number of nitrogens with zero attached hydrogens (tertiary/aromatic N) is 1. The summed E-state index contributed by atoms with van der Waals surface area (Å²) < 4.78 is 39.0. The summed E-state index contributed by atoms with van der Waals surface area (Å²) in [6.07, 6.45) is 0. The average molecular weight is 553 g/mol. The van der Waals surface area contributed by atoms with Crippen molar-refractivity contribution in [2.75, 3.05) is 18.0 Å². The third kappa shape index (κ3) is 5.69. The van der Waals surface area contributed by atoms with Crippen molar-refractivity contribution in [2.24, 2.45) is 0 Å². The molecule has 6 nitrogen and oxygen atoms in total. The molecule has 0 N–H and O–H groups in total. The van der Waals surface area contributed by atoms with Gasteiger partial charge in [-0.3, -0.25) is 4.79 Å². The molecule has 174 valence electrons. The van der Waals surface area contributed by atoms with Crippen molar-refractivity contribution < 1.29 is 22.7 Å². The lowest BCUT2D eigenvalue weighted by atomic mass is 10.0. The summed E-state index contributed by atoms with van der Waals surface area (Å²) in [6, 6.07) is 17.6. The maximum Gasteiger partial charge on any atom is 0.278 e. The zero-order valence-corrected chi connectivity index (χ0v) is 21.4. The number of halogens is 2. The standard InChI is InChI=1S/C24H23BrClNO5S/c1-16(2)17-9-11-22(20(25)13-17)32-15-24(28)27(18-10-12-23(31-3)21(26)14-18)33(29,30)19-7-5-4-6-8-19/h4-14,16H,15H2,1-3H3. The number of carbonyl (C=O) groups is 1. The Morgan fingerprint density at radius 1 is 1.03 bits per heavy atom. The van der Waals surface area contributed by atoms with Gasteiger partial charge in [0.15, 0.2) is 6.61 Å². The average Bonchev–Trinajstić information content (AvgIpc) is 2.79. The molecule has 0 unspecified atom stereocenters. The third-order valence-electron chi connectivity index (χ3n) is 4.85. The molecule has 3 aromatic carbocycles. The molecular weight excluding hydrogens is 530 g/mol. The molecule has 0 fully saturated rings. The number of sulfonamides is 1. The van der Waals surface area contributed by atoms with Crippen molar-refractivity contribution in [1.82, 2.24) is 0 Å². The molecule has 0 atom stereocenters. The molecule has 0 aromatic heterocycles. The van der Waals surface area contributed by atoms with Crippen LogP contribution in [0.15, 0.2) is 76.1 Å². The highest BCUT2D eigenvalue weighted by Crippen LogP contribution is 2.33. The van der Waals surface area contributed by atoms with Gasteiger partial charge in [0.25, 0.3) is 15.9 Å². The molecule has 33 heavy (non-hydrogen) atoms. The van der Waals surface area contributed by atoms with Crippen LogP contribution in [0, 0.1) is 0 Å². The molecule has 0 saturated carbocycles. The molecular formula is C24H23BrClNO5S. The Balaban J connectivity index is 1.96. The molecule has 0 aliphatic rings. The molecule has 0 spiro atoms. The quantitative estimate of drug-likeness (QED) is 0.341. The summed E-state index contributed by atoms with van der Waals surface area (Å²) in [5, 5.41) is 0.170. The van der Waals surface area contributed by atoms with E-state index < -0.39 is 22.5 Å². The highest BCUT2D eigenvalue weighted by atomic mass is 79.9. The fourth-order valence-corrected chi connectivity index (χ4v) is 5.27. The highest BCUT2D eigenvalue weighted by Gasteiger charge is 2.32. The van der Waals surface area contributed by atoms with Gasteiger partial charge >= 0.3 is 0 Å². The minimum absolute atomic E-state index is 0.0345. The van der Waals surface area contributed by atoms with Crippen LogP contribution in [0.4, 0.5) is 5.69 Å². The number of benzene rings is 3. The third-order valence-corrected chi connectivity index (χ3v) is 7.53. The number of hydrogen-bond acceptors (Lipinski definition) is 5.